The summed E-state index contributed by atoms with van der Waals surface area (Å²) in [5, 5.41) is 12.9. The lowest BCUT2D eigenvalue weighted by Crippen LogP contribution is -2.16. The van der Waals surface area contributed by atoms with Crippen molar-refractivity contribution in [3.8, 4) is 5.75 Å². The fourth-order valence-electron chi connectivity index (χ4n) is 1.32. The van der Waals surface area contributed by atoms with Gasteiger partial charge in [0.1, 0.15) is 5.75 Å². The molecule has 1 amide bonds. The predicted molar refractivity (Wildman–Crippen MR) is 67.0 cm³/mol. The number of anilines is 1. The van der Waals surface area contributed by atoms with Gasteiger partial charge in [-0.25, -0.2) is 4.79 Å². The monoisotopic (exact) mass is 259 g/mol. The number of non-ortho nitro benzene ring substituents is 1. The number of nitro groups is 1. The van der Waals surface area contributed by atoms with Crippen LogP contribution >= 0.6 is 0 Å². The van der Waals surface area contributed by atoms with Crippen LogP contribution in [0.2, 0.25) is 0 Å². The van der Waals surface area contributed by atoms with Gasteiger partial charge in [-0.1, -0.05) is 0 Å². The summed E-state index contributed by atoms with van der Waals surface area (Å²) in [6.07, 6.45) is 2.35. The number of nitrogens with zero attached hydrogens (tertiary/aromatic N) is 2. The fraction of sp³-hybridized carbons (Fsp3) is 0. The molecular formula is C12H9N3O4. The van der Waals surface area contributed by atoms with E-state index in [1.807, 2.05) is 0 Å². The van der Waals surface area contributed by atoms with E-state index in [9.17, 15) is 14.9 Å². The van der Waals surface area contributed by atoms with E-state index in [1.165, 1.54) is 30.5 Å². The molecule has 2 rings (SSSR count). The topological polar surface area (TPSA) is 94.4 Å². The number of nitrogens with one attached hydrogen (secondary N) is 1. The van der Waals surface area contributed by atoms with Crippen molar-refractivity contribution in [2.45, 2.75) is 0 Å². The van der Waals surface area contributed by atoms with Crippen LogP contribution in [0.3, 0.4) is 0 Å². The normalized spacial score (nSPS) is 9.68. The van der Waals surface area contributed by atoms with E-state index in [1.54, 1.807) is 18.3 Å². The summed E-state index contributed by atoms with van der Waals surface area (Å²) in [7, 11) is 0. The number of nitro benzene ring substituents is 1. The van der Waals surface area contributed by atoms with Crippen molar-refractivity contribution in [3.05, 3.63) is 58.9 Å². The molecule has 1 aromatic carbocycles. The molecule has 19 heavy (non-hydrogen) atoms. The number of benzene rings is 1. The van der Waals surface area contributed by atoms with Crippen LogP contribution in [0.15, 0.2) is 48.8 Å². The summed E-state index contributed by atoms with van der Waals surface area (Å²) in [5.74, 6) is 0.215. The Hall–Kier alpha value is -2.96. The number of hydrogen-bond acceptors (Lipinski definition) is 5. The third-order valence-electron chi connectivity index (χ3n) is 2.17. The first-order chi connectivity index (χ1) is 9.15. The van der Waals surface area contributed by atoms with Crippen molar-refractivity contribution in [1.29, 1.82) is 0 Å². The van der Waals surface area contributed by atoms with Crippen LogP contribution in [0.25, 0.3) is 0 Å². The van der Waals surface area contributed by atoms with Crippen LogP contribution in [-0.2, 0) is 0 Å². The number of amides is 1. The summed E-state index contributed by atoms with van der Waals surface area (Å²) in [6, 6.07) is 8.53. The summed E-state index contributed by atoms with van der Waals surface area (Å²) in [4.78, 5) is 25.3. The first-order valence-corrected chi connectivity index (χ1v) is 5.28. The maximum Gasteiger partial charge on any atom is 0.417 e. The molecule has 96 valence electrons. The maximum absolute atomic E-state index is 11.5. The Morgan fingerprint density at radius 2 is 2.00 bits per heavy atom. The van der Waals surface area contributed by atoms with Gasteiger partial charge in [0.2, 0.25) is 0 Å². The van der Waals surface area contributed by atoms with E-state index in [4.69, 9.17) is 4.74 Å². The largest absolute Gasteiger partial charge is 0.417 e. The van der Waals surface area contributed by atoms with Crippen molar-refractivity contribution in [1.82, 2.24) is 4.98 Å². The number of pyridine rings is 1. The van der Waals surface area contributed by atoms with Crippen molar-refractivity contribution in [2.75, 3.05) is 5.32 Å². The summed E-state index contributed by atoms with van der Waals surface area (Å²) < 4.78 is 4.95. The van der Waals surface area contributed by atoms with Gasteiger partial charge >= 0.3 is 6.09 Å². The lowest BCUT2D eigenvalue weighted by Gasteiger charge is -2.05. The zero-order valence-corrected chi connectivity index (χ0v) is 9.65. The molecule has 0 spiro atoms. The van der Waals surface area contributed by atoms with Gasteiger partial charge in [0.25, 0.3) is 5.69 Å². The molecule has 2 aromatic rings. The molecule has 0 fully saturated rings. The van der Waals surface area contributed by atoms with E-state index in [-0.39, 0.29) is 11.4 Å². The van der Waals surface area contributed by atoms with E-state index in [0.717, 1.165) is 0 Å². The smallest absolute Gasteiger partial charge is 0.410 e. The molecule has 7 nitrogen and oxygen atoms in total. The van der Waals surface area contributed by atoms with E-state index in [2.05, 4.69) is 10.3 Å². The van der Waals surface area contributed by atoms with E-state index in [0.29, 0.717) is 5.69 Å². The van der Waals surface area contributed by atoms with Crippen molar-refractivity contribution in [2.24, 2.45) is 0 Å². The van der Waals surface area contributed by atoms with Crippen LogP contribution in [0, 0.1) is 10.1 Å². The van der Waals surface area contributed by atoms with Gasteiger partial charge in [0.15, 0.2) is 0 Å². The maximum atomic E-state index is 11.5. The lowest BCUT2D eigenvalue weighted by molar-refractivity contribution is -0.384. The molecule has 0 saturated carbocycles. The molecule has 7 heteroatoms. The third kappa shape index (κ3) is 3.50. The third-order valence-corrected chi connectivity index (χ3v) is 2.17. The first kappa shape index (κ1) is 12.5. The number of rotatable bonds is 3. The van der Waals surface area contributed by atoms with Crippen LogP contribution in [-0.4, -0.2) is 16.0 Å². The van der Waals surface area contributed by atoms with Crippen LogP contribution in [0.5, 0.6) is 5.75 Å². The highest BCUT2D eigenvalue weighted by atomic mass is 16.6. The zero-order valence-electron chi connectivity index (χ0n) is 9.65. The Bertz CT molecular complexity index is 584. The number of hydrogen-bond donors (Lipinski definition) is 1. The van der Waals surface area contributed by atoms with Crippen LogP contribution in [0.4, 0.5) is 16.2 Å². The Balaban J connectivity index is 1.97. The highest BCUT2D eigenvalue weighted by molar-refractivity contribution is 5.85. The second-order valence-electron chi connectivity index (χ2n) is 3.51. The molecule has 0 saturated heterocycles. The summed E-state index contributed by atoms with van der Waals surface area (Å²) >= 11 is 0. The van der Waals surface area contributed by atoms with Gasteiger partial charge in [-0.2, -0.15) is 0 Å². The van der Waals surface area contributed by atoms with E-state index >= 15 is 0 Å². The number of aromatic nitrogens is 1. The van der Waals surface area contributed by atoms with Crippen LogP contribution in [0.1, 0.15) is 0 Å². The predicted octanol–water partition coefficient (Wildman–Crippen LogP) is 2.60. The van der Waals surface area contributed by atoms with E-state index < -0.39 is 11.0 Å². The molecule has 0 aliphatic heterocycles. The SMILES string of the molecule is O=C(Nc1cccnc1)Oc1ccc([N+](=O)[O-])cc1. The zero-order chi connectivity index (χ0) is 13.7. The minimum atomic E-state index is -0.693. The molecule has 1 aromatic heterocycles. The Morgan fingerprint density at radius 3 is 2.58 bits per heavy atom. The minimum absolute atomic E-state index is 0.0694. The van der Waals surface area contributed by atoms with Crippen molar-refractivity contribution in [3.63, 3.8) is 0 Å². The molecule has 1 heterocycles. The standard InChI is InChI=1S/C12H9N3O4/c16-12(14-9-2-1-7-13-8-9)19-11-5-3-10(4-6-11)15(17)18/h1-8H,(H,14,16). The highest BCUT2D eigenvalue weighted by Gasteiger charge is 2.08. The first-order valence-electron chi connectivity index (χ1n) is 5.28. The lowest BCUT2D eigenvalue weighted by atomic mass is 10.3. The summed E-state index contributed by atoms with van der Waals surface area (Å²) in [6.45, 7) is 0. The number of carbonyl (C=O) groups is 1. The highest BCUT2D eigenvalue weighted by Crippen LogP contribution is 2.17. The number of carbonyl (C=O) groups excluding carboxylic acids is 1. The molecule has 0 aliphatic carbocycles. The van der Waals surface area contributed by atoms with Gasteiger partial charge in [-0.3, -0.25) is 20.4 Å². The molecule has 0 atom stereocenters. The molecule has 0 unspecified atom stereocenters. The fourth-order valence-corrected chi connectivity index (χ4v) is 1.32. The van der Waals surface area contributed by atoms with Gasteiger partial charge < -0.3 is 4.74 Å². The Morgan fingerprint density at radius 1 is 1.26 bits per heavy atom. The minimum Gasteiger partial charge on any atom is -0.410 e. The average molecular weight is 259 g/mol. The van der Waals surface area contributed by atoms with Gasteiger partial charge in [-0.15, -0.1) is 0 Å². The Labute approximate surface area is 108 Å². The van der Waals surface area contributed by atoms with Gasteiger partial charge in [0.05, 0.1) is 16.8 Å². The average Bonchev–Trinajstić information content (AvgIpc) is 2.40. The van der Waals surface area contributed by atoms with Gasteiger partial charge in [0, 0.05) is 18.3 Å². The Kier molecular flexibility index (Phi) is 3.67. The molecule has 0 radical (unpaired) electrons. The molecule has 1 N–H and O–H groups in total. The van der Waals surface area contributed by atoms with Crippen molar-refractivity contribution >= 4 is 17.5 Å². The second-order valence-corrected chi connectivity index (χ2v) is 3.51. The molecule has 0 bridgehead atoms. The van der Waals surface area contributed by atoms with Crippen LogP contribution < -0.4 is 10.1 Å². The molecule has 0 aliphatic rings. The second kappa shape index (κ2) is 5.58. The summed E-state index contributed by atoms with van der Waals surface area (Å²) in [5.41, 5.74) is 0.425. The van der Waals surface area contributed by atoms with Gasteiger partial charge in [-0.05, 0) is 24.3 Å². The molecular weight excluding hydrogens is 250 g/mol. The quantitative estimate of drug-likeness (QED) is 0.675. The van der Waals surface area contributed by atoms with Crippen molar-refractivity contribution < 1.29 is 14.5 Å². The number of ether oxygens (including phenoxy) is 1.